The molecule has 1 fully saturated rings. The summed E-state index contributed by atoms with van der Waals surface area (Å²) in [7, 11) is 3.23. The fraction of sp³-hybridized carbons (Fsp3) is 0.296. The van der Waals surface area contributed by atoms with E-state index in [0.29, 0.717) is 17.9 Å². The summed E-state index contributed by atoms with van der Waals surface area (Å²) in [6.45, 7) is 4.00. The van der Waals surface area contributed by atoms with Gasteiger partial charge in [-0.1, -0.05) is 24.3 Å². The highest BCUT2D eigenvalue weighted by molar-refractivity contribution is 7.13. The van der Waals surface area contributed by atoms with Crippen molar-refractivity contribution in [2.75, 3.05) is 40.4 Å². The van der Waals surface area contributed by atoms with Crippen LogP contribution >= 0.6 is 11.3 Å². The van der Waals surface area contributed by atoms with Gasteiger partial charge in [0.25, 0.3) is 0 Å². The number of para-hydroxylation sites is 1. The van der Waals surface area contributed by atoms with Crippen molar-refractivity contribution >= 4 is 28.1 Å². The molecule has 2 aromatic carbocycles. The Bertz CT molecular complexity index is 1330. The van der Waals surface area contributed by atoms with Crippen LogP contribution in [0.1, 0.15) is 11.3 Å². The van der Waals surface area contributed by atoms with Crippen LogP contribution in [-0.2, 0) is 17.8 Å². The number of hydrogen-bond acceptors (Lipinski definition) is 7. The van der Waals surface area contributed by atoms with E-state index in [1.165, 1.54) is 16.9 Å². The summed E-state index contributed by atoms with van der Waals surface area (Å²) < 4.78 is 10.7. The summed E-state index contributed by atoms with van der Waals surface area (Å²) in [4.78, 5) is 26.6. The van der Waals surface area contributed by atoms with Crippen LogP contribution in [0.4, 0.5) is 0 Å². The van der Waals surface area contributed by atoms with Gasteiger partial charge >= 0.3 is 0 Å². The van der Waals surface area contributed by atoms with Gasteiger partial charge in [-0.15, -0.1) is 11.3 Å². The summed E-state index contributed by atoms with van der Waals surface area (Å²) in [5.74, 6) is 1.47. The Labute approximate surface area is 208 Å². The molecular formula is C27H28N4O3S. The van der Waals surface area contributed by atoms with Crippen molar-refractivity contribution in [3.8, 4) is 22.1 Å². The highest BCUT2D eigenvalue weighted by Crippen LogP contribution is 2.33. The second kappa shape index (κ2) is 10.4. The predicted octanol–water partition coefficient (Wildman–Crippen LogP) is 4.26. The Morgan fingerprint density at radius 2 is 1.80 bits per heavy atom. The van der Waals surface area contributed by atoms with Gasteiger partial charge in [0.05, 0.1) is 31.9 Å². The number of rotatable bonds is 7. The molecule has 7 nitrogen and oxygen atoms in total. The molecule has 0 atom stereocenters. The van der Waals surface area contributed by atoms with E-state index in [1.807, 2.05) is 40.7 Å². The zero-order chi connectivity index (χ0) is 24.2. The summed E-state index contributed by atoms with van der Waals surface area (Å²) in [5.41, 5.74) is 4.03. The first kappa shape index (κ1) is 23.3. The lowest BCUT2D eigenvalue weighted by Crippen LogP contribution is -2.48. The molecule has 180 valence electrons. The van der Waals surface area contributed by atoms with Crippen molar-refractivity contribution in [3.05, 3.63) is 71.4 Å². The number of carbonyl (C=O) groups is 1. The smallest absolute Gasteiger partial charge is 0.228 e. The minimum Gasteiger partial charge on any atom is -0.493 e. The van der Waals surface area contributed by atoms with Gasteiger partial charge in [-0.05, 0) is 29.8 Å². The number of aromatic nitrogens is 2. The van der Waals surface area contributed by atoms with E-state index in [1.54, 1.807) is 14.2 Å². The zero-order valence-electron chi connectivity index (χ0n) is 19.9. The minimum absolute atomic E-state index is 0.126. The van der Waals surface area contributed by atoms with Crippen LogP contribution in [0.25, 0.3) is 21.5 Å². The number of piperazine rings is 1. The number of amides is 1. The molecule has 8 heteroatoms. The first-order chi connectivity index (χ1) is 17.1. The van der Waals surface area contributed by atoms with Crippen molar-refractivity contribution < 1.29 is 14.3 Å². The Hall–Kier alpha value is -3.49. The molecule has 0 N–H and O–H groups in total. The number of ether oxygens (including phenoxy) is 2. The zero-order valence-corrected chi connectivity index (χ0v) is 20.8. The maximum absolute atomic E-state index is 13.0. The van der Waals surface area contributed by atoms with E-state index in [9.17, 15) is 4.79 Å². The van der Waals surface area contributed by atoms with Gasteiger partial charge in [0.1, 0.15) is 5.01 Å². The number of thiazole rings is 1. The molecule has 1 saturated heterocycles. The molecule has 35 heavy (non-hydrogen) atoms. The second-order valence-corrected chi connectivity index (χ2v) is 9.40. The van der Waals surface area contributed by atoms with Crippen LogP contribution < -0.4 is 9.47 Å². The average Bonchev–Trinajstić information content (AvgIpc) is 3.37. The van der Waals surface area contributed by atoms with Gasteiger partial charge in [-0.3, -0.25) is 14.7 Å². The molecule has 2 aromatic heterocycles. The largest absolute Gasteiger partial charge is 0.493 e. The molecule has 1 amide bonds. The number of fused-ring (bicyclic) bond motifs is 1. The van der Waals surface area contributed by atoms with Crippen LogP contribution in [0.2, 0.25) is 0 Å². The average molecular weight is 489 g/mol. The van der Waals surface area contributed by atoms with Crippen molar-refractivity contribution in [3.63, 3.8) is 0 Å². The van der Waals surface area contributed by atoms with Gasteiger partial charge in [-0.2, -0.15) is 0 Å². The van der Waals surface area contributed by atoms with E-state index in [-0.39, 0.29) is 5.91 Å². The summed E-state index contributed by atoms with van der Waals surface area (Å²) in [6.07, 6.45) is 2.16. The van der Waals surface area contributed by atoms with E-state index in [0.717, 1.165) is 59.9 Å². The van der Waals surface area contributed by atoms with Crippen LogP contribution in [0.3, 0.4) is 0 Å². The van der Waals surface area contributed by atoms with Gasteiger partial charge in [-0.25, -0.2) is 4.98 Å². The molecule has 0 radical (unpaired) electrons. The predicted molar refractivity (Wildman–Crippen MR) is 138 cm³/mol. The number of methoxy groups -OCH3 is 2. The highest BCUT2D eigenvalue weighted by Gasteiger charge is 2.22. The topological polar surface area (TPSA) is 67.8 Å². The van der Waals surface area contributed by atoms with Crippen LogP contribution in [0.15, 0.2) is 60.1 Å². The molecule has 0 aliphatic carbocycles. The van der Waals surface area contributed by atoms with E-state index >= 15 is 0 Å². The minimum atomic E-state index is 0.126. The third-order valence-electron chi connectivity index (χ3n) is 6.35. The van der Waals surface area contributed by atoms with Crippen molar-refractivity contribution in [2.24, 2.45) is 0 Å². The van der Waals surface area contributed by atoms with Crippen LogP contribution in [-0.4, -0.2) is 66.1 Å². The number of nitrogens with zero attached hydrogens (tertiary/aromatic N) is 4. The first-order valence-corrected chi connectivity index (χ1v) is 12.5. The first-order valence-electron chi connectivity index (χ1n) is 11.6. The van der Waals surface area contributed by atoms with Gasteiger partial charge in [0.2, 0.25) is 5.91 Å². The maximum atomic E-state index is 13.0. The standard InChI is InChI=1S/C27H28N4O3S/c1-33-23-9-8-20(15-24(23)34-2)27-29-22(18-35-27)16-25(32)31-13-11-30(12-14-31)17-21-6-3-5-19-7-4-10-28-26(19)21/h3-10,15,18H,11-14,16-17H2,1-2H3. The van der Waals surface area contributed by atoms with Crippen LogP contribution in [0.5, 0.6) is 11.5 Å². The maximum Gasteiger partial charge on any atom is 0.228 e. The number of benzene rings is 2. The molecule has 4 aromatic rings. The SMILES string of the molecule is COc1ccc(-c2nc(CC(=O)N3CCN(Cc4cccc5cccnc45)CC3)cs2)cc1OC. The molecule has 0 bridgehead atoms. The number of carbonyl (C=O) groups excluding carboxylic acids is 1. The quantitative estimate of drug-likeness (QED) is 0.387. The third kappa shape index (κ3) is 5.13. The lowest BCUT2D eigenvalue weighted by Gasteiger charge is -2.34. The van der Waals surface area contributed by atoms with Gasteiger partial charge in [0, 0.05) is 55.3 Å². The fourth-order valence-corrected chi connectivity index (χ4v) is 5.26. The Kier molecular flexibility index (Phi) is 6.92. The Morgan fingerprint density at radius 1 is 1.00 bits per heavy atom. The second-order valence-electron chi connectivity index (χ2n) is 8.54. The summed E-state index contributed by atoms with van der Waals surface area (Å²) >= 11 is 1.53. The number of pyridine rings is 1. The molecule has 1 aliphatic heterocycles. The lowest BCUT2D eigenvalue weighted by atomic mass is 10.1. The molecule has 0 saturated carbocycles. The third-order valence-corrected chi connectivity index (χ3v) is 7.29. The van der Waals surface area contributed by atoms with E-state index in [2.05, 4.69) is 34.1 Å². The molecule has 1 aliphatic rings. The van der Waals surface area contributed by atoms with Gasteiger partial charge < -0.3 is 14.4 Å². The highest BCUT2D eigenvalue weighted by atomic mass is 32.1. The molecular weight excluding hydrogens is 460 g/mol. The van der Waals surface area contributed by atoms with Crippen LogP contribution in [0, 0.1) is 0 Å². The summed E-state index contributed by atoms with van der Waals surface area (Å²) in [5, 5.41) is 3.99. The van der Waals surface area contributed by atoms with E-state index < -0.39 is 0 Å². The number of hydrogen-bond donors (Lipinski definition) is 0. The lowest BCUT2D eigenvalue weighted by molar-refractivity contribution is -0.132. The monoisotopic (exact) mass is 488 g/mol. The molecule has 0 spiro atoms. The fourth-order valence-electron chi connectivity index (χ4n) is 4.45. The van der Waals surface area contributed by atoms with Crippen molar-refractivity contribution in [2.45, 2.75) is 13.0 Å². The summed E-state index contributed by atoms with van der Waals surface area (Å²) in [6, 6.07) is 16.1. The van der Waals surface area contributed by atoms with Gasteiger partial charge in [0.15, 0.2) is 11.5 Å². The Morgan fingerprint density at radius 3 is 2.60 bits per heavy atom. The molecule has 5 rings (SSSR count). The van der Waals surface area contributed by atoms with Crippen molar-refractivity contribution in [1.29, 1.82) is 0 Å². The molecule has 0 unspecified atom stereocenters. The van der Waals surface area contributed by atoms with E-state index in [4.69, 9.17) is 14.5 Å². The Balaban J connectivity index is 1.17. The van der Waals surface area contributed by atoms with Crippen molar-refractivity contribution in [1.82, 2.24) is 19.8 Å². The molecule has 3 heterocycles. The normalized spacial score (nSPS) is 14.3.